The highest BCUT2D eigenvalue weighted by molar-refractivity contribution is 5.88. The minimum Gasteiger partial charge on any atom is -0.439 e. The molecule has 0 saturated heterocycles. The number of hydrogen-bond donors (Lipinski definition) is 1. The van der Waals surface area contributed by atoms with Gasteiger partial charge in [0, 0.05) is 36.6 Å². The van der Waals surface area contributed by atoms with Crippen molar-refractivity contribution in [1.29, 1.82) is 0 Å². The first-order valence-corrected chi connectivity index (χ1v) is 9.68. The second-order valence-corrected chi connectivity index (χ2v) is 7.53. The first-order chi connectivity index (χ1) is 13.2. The molecule has 2 aliphatic rings. The number of carbonyl (C=O) groups excluding carboxylic acids is 2. The molecule has 1 heterocycles. The number of ketones is 1. The average molecular weight is 364 g/mol. The predicted molar refractivity (Wildman–Crippen MR) is 101 cm³/mol. The molecule has 2 fully saturated rings. The molecule has 4 rings (SSSR count). The van der Waals surface area contributed by atoms with Crippen LogP contribution < -0.4 is 10.1 Å². The van der Waals surface area contributed by atoms with E-state index >= 15 is 0 Å². The van der Waals surface area contributed by atoms with Crippen molar-refractivity contribution in [2.45, 2.75) is 38.6 Å². The van der Waals surface area contributed by atoms with Crippen LogP contribution in [0.25, 0.3) is 0 Å². The van der Waals surface area contributed by atoms with Gasteiger partial charge in [0.05, 0.1) is 0 Å². The van der Waals surface area contributed by atoms with Gasteiger partial charge < -0.3 is 10.1 Å². The third-order valence-electron chi connectivity index (χ3n) is 5.65. The van der Waals surface area contributed by atoms with Gasteiger partial charge in [0.15, 0.2) is 0 Å². The van der Waals surface area contributed by atoms with Gasteiger partial charge in [-0.1, -0.05) is 24.6 Å². The number of fused-ring (bicyclic) bond motifs is 2. The summed E-state index contributed by atoms with van der Waals surface area (Å²) in [6.45, 7) is 0.437. The number of amides is 1. The molecule has 5 nitrogen and oxygen atoms in total. The Morgan fingerprint density at radius 1 is 1.11 bits per heavy atom. The Kier molecular flexibility index (Phi) is 5.19. The summed E-state index contributed by atoms with van der Waals surface area (Å²) in [5, 5.41) is 3.03. The van der Waals surface area contributed by atoms with Gasteiger partial charge in [-0.15, -0.1) is 0 Å². The highest BCUT2D eigenvalue weighted by Crippen LogP contribution is 2.40. The fourth-order valence-corrected chi connectivity index (χ4v) is 4.25. The standard InChI is InChI=1S/C22H24N2O3/c25-21-16-5-4-6-17(21)13-18(12-16)22(26)24-14-15-9-10-23-20(11-15)27-19-7-2-1-3-8-19/h1-3,7-11,16-18H,4-6,12-14H2,(H,24,26). The summed E-state index contributed by atoms with van der Waals surface area (Å²) in [7, 11) is 0. The van der Waals surface area contributed by atoms with Crippen LogP contribution in [-0.2, 0) is 16.1 Å². The van der Waals surface area contributed by atoms with Crippen molar-refractivity contribution in [3.05, 3.63) is 54.2 Å². The number of carbonyl (C=O) groups is 2. The van der Waals surface area contributed by atoms with Crippen LogP contribution in [0.15, 0.2) is 48.7 Å². The first-order valence-electron chi connectivity index (χ1n) is 9.68. The number of rotatable bonds is 5. The SMILES string of the molecule is O=C(NCc1ccnc(Oc2ccccc2)c1)C1CC2CCCC(C1)C2=O. The van der Waals surface area contributed by atoms with Gasteiger partial charge in [0.2, 0.25) is 11.8 Å². The topological polar surface area (TPSA) is 68.3 Å². The molecule has 27 heavy (non-hydrogen) atoms. The molecule has 0 aliphatic heterocycles. The Balaban J connectivity index is 1.34. The lowest BCUT2D eigenvalue weighted by Gasteiger charge is -2.36. The molecule has 140 valence electrons. The van der Waals surface area contributed by atoms with Crippen LogP contribution in [0.2, 0.25) is 0 Å². The molecule has 0 spiro atoms. The molecule has 2 aliphatic carbocycles. The number of para-hydroxylation sites is 1. The number of benzene rings is 1. The Morgan fingerprint density at radius 3 is 2.59 bits per heavy atom. The van der Waals surface area contributed by atoms with Crippen molar-refractivity contribution in [3.8, 4) is 11.6 Å². The molecule has 1 aromatic carbocycles. The van der Waals surface area contributed by atoms with Crippen LogP contribution in [0, 0.1) is 17.8 Å². The van der Waals surface area contributed by atoms with Crippen molar-refractivity contribution in [1.82, 2.24) is 10.3 Å². The maximum absolute atomic E-state index is 12.6. The molecule has 5 heteroatoms. The second-order valence-electron chi connectivity index (χ2n) is 7.53. The average Bonchev–Trinajstić information content (AvgIpc) is 2.67. The van der Waals surface area contributed by atoms with Gasteiger partial charge in [0.1, 0.15) is 11.5 Å². The first kappa shape index (κ1) is 17.7. The highest BCUT2D eigenvalue weighted by Gasteiger charge is 2.41. The maximum atomic E-state index is 12.6. The molecule has 2 bridgehead atoms. The minimum absolute atomic E-state index is 0.0418. The van der Waals surface area contributed by atoms with E-state index in [-0.39, 0.29) is 23.7 Å². The van der Waals surface area contributed by atoms with E-state index < -0.39 is 0 Å². The van der Waals surface area contributed by atoms with Crippen LogP contribution in [0.4, 0.5) is 0 Å². The third kappa shape index (κ3) is 4.18. The van der Waals surface area contributed by atoms with E-state index in [4.69, 9.17) is 4.74 Å². The molecule has 0 radical (unpaired) electrons. The highest BCUT2D eigenvalue weighted by atomic mass is 16.5. The quantitative estimate of drug-likeness (QED) is 0.874. The minimum atomic E-state index is -0.0418. The third-order valence-corrected chi connectivity index (χ3v) is 5.65. The maximum Gasteiger partial charge on any atom is 0.223 e. The Hall–Kier alpha value is -2.69. The van der Waals surface area contributed by atoms with Crippen LogP contribution in [0.3, 0.4) is 0 Å². The van der Waals surface area contributed by atoms with E-state index in [1.165, 1.54) is 0 Å². The fraction of sp³-hybridized carbons (Fsp3) is 0.409. The van der Waals surface area contributed by atoms with E-state index in [0.717, 1.165) is 30.6 Å². The van der Waals surface area contributed by atoms with Gasteiger partial charge in [-0.3, -0.25) is 9.59 Å². The van der Waals surface area contributed by atoms with E-state index in [0.29, 0.717) is 31.0 Å². The van der Waals surface area contributed by atoms with Crippen molar-refractivity contribution in [2.24, 2.45) is 17.8 Å². The van der Waals surface area contributed by atoms with E-state index in [1.807, 2.05) is 42.5 Å². The number of nitrogens with one attached hydrogen (secondary N) is 1. The zero-order valence-electron chi connectivity index (χ0n) is 15.3. The number of ether oxygens (including phenoxy) is 1. The molecular formula is C22H24N2O3. The van der Waals surface area contributed by atoms with Crippen molar-refractivity contribution >= 4 is 11.7 Å². The molecule has 2 atom stereocenters. The van der Waals surface area contributed by atoms with Gasteiger partial charge in [0.25, 0.3) is 0 Å². The molecule has 2 aromatic rings. The van der Waals surface area contributed by atoms with Gasteiger partial charge in [-0.2, -0.15) is 0 Å². The predicted octanol–water partition coefficient (Wildman–Crippen LogP) is 3.89. The lowest BCUT2D eigenvalue weighted by atomic mass is 9.67. The van der Waals surface area contributed by atoms with Gasteiger partial charge in [-0.05, 0) is 49.4 Å². The number of Topliss-reactive ketones (excluding diaryl/α,β-unsaturated/α-hetero) is 1. The Labute approximate surface area is 159 Å². The van der Waals surface area contributed by atoms with E-state index in [9.17, 15) is 9.59 Å². The van der Waals surface area contributed by atoms with Crippen molar-refractivity contribution in [3.63, 3.8) is 0 Å². The summed E-state index contributed by atoms with van der Waals surface area (Å²) in [6.07, 6.45) is 6.12. The number of hydrogen-bond acceptors (Lipinski definition) is 4. The second kappa shape index (κ2) is 7.91. The zero-order chi connectivity index (χ0) is 18.6. The molecule has 1 aromatic heterocycles. The summed E-state index contributed by atoms with van der Waals surface area (Å²) in [5.41, 5.74) is 0.941. The Morgan fingerprint density at radius 2 is 1.85 bits per heavy atom. The van der Waals surface area contributed by atoms with Crippen LogP contribution in [0.5, 0.6) is 11.6 Å². The zero-order valence-corrected chi connectivity index (χ0v) is 15.3. The Bertz CT molecular complexity index is 805. The van der Waals surface area contributed by atoms with Crippen LogP contribution in [0.1, 0.15) is 37.7 Å². The molecule has 2 unspecified atom stereocenters. The smallest absolute Gasteiger partial charge is 0.223 e. The lowest BCUT2D eigenvalue weighted by molar-refractivity contribution is -0.137. The van der Waals surface area contributed by atoms with Gasteiger partial charge >= 0.3 is 0 Å². The molecule has 2 saturated carbocycles. The summed E-state index contributed by atoms with van der Waals surface area (Å²) in [5.74, 6) is 1.83. The summed E-state index contributed by atoms with van der Waals surface area (Å²) < 4.78 is 5.74. The van der Waals surface area contributed by atoms with E-state index in [1.54, 1.807) is 6.20 Å². The summed E-state index contributed by atoms with van der Waals surface area (Å²) in [4.78, 5) is 29.0. The molecular weight excluding hydrogens is 340 g/mol. The molecule has 1 amide bonds. The van der Waals surface area contributed by atoms with Gasteiger partial charge in [-0.25, -0.2) is 4.98 Å². The summed E-state index contributed by atoms with van der Waals surface area (Å²) >= 11 is 0. The fourth-order valence-electron chi connectivity index (χ4n) is 4.25. The van der Waals surface area contributed by atoms with Crippen molar-refractivity contribution in [2.75, 3.05) is 0 Å². The largest absolute Gasteiger partial charge is 0.439 e. The number of nitrogens with zero attached hydrogens (tertiary/aromatic N) is 1. The number of aromatic nitrogens is 1. The van der Waals surface area contributed by atoms with Crippen LogP contribution in [-0.4, -0.2) is 16.7 Å². The molecule has 1 N–H and O–H groups in total. The lowest BCUT2D eigenvalue weighted by Crippen LogP contribution is -2.42. The number of pyridine rings is 1. The summed E-state index contributed by atoms with van der Waals surface area (Å²) in [6, 6.07) is 13.2. The normalized spacial score (nSPS) is 24.3. The van der Waals surface area contributed by atoms with Crippen LogP contribution >= 0.6 is 0 Å². The van der Waals surface area contributed by atoms with Crippen molar-refractivity contribution < 1.29 is 14.3 Å². The van der Waals surface area contributed by atoms with E-state index in [2.05, 4.69) is 10.3 Å². The monoisotopic (exact) mass is 364 g/mol.